The van der Waals surface area contributed by atoms with Crippen LogP contribution in [0.1, 0.15) is 5.56 Å². The lowest BCUT2D eigenvalue weighted by Crippen LogP contribution is -2.12. The van der Waals surface area contributed by atoms with Crippen LogP contribution in [-0.2, 0) is 10.0 Å². The Bertz CT molecular complexity index is 1040. The number of nitrogens with zero attached hydrogens (tertiary/aromatic N) is 2. The van der Waals surface area contributed by atoms with E-state index in [9.17, 15) is 8.42 Å². The summed E-state index contributed by atoms with van der Waals surface area (Å²) in [4.78, 5) is 4.33. The molecular weight excluding hydrogens is 358 g/mol. The second-order valence-electron chi connectivity index (χ2n) is 5.01. The van der Waals surface area contributed by atoms with Gasteiger partial charge in [-0.2, -0.15) is 5.26 Å². The average molecular weight is 371 g/mol. The molecule has 0 aliphatic heterocycles. The summed E-state index contributed by atoms with van der Waals surface area (Å²) >= 11 is 1.19. The summed E-state index contributed by atoms with van der Waals surface area (Å²) in [5.74, 6) is 0.734. The van der Waals surface area contributed by atoms with E-state index in [1.165, 1.54) is 29.5 Å². The van der Waals surface area contributed by atoms with Crippen LogP contribution in [0, 0.1) is 11.3 Å². The third-order valence-corrected chi connectivity index (χ3v) is 5.61. The molecule has 6 nitrogen and oxygen atoms in total. The highest BCUT2D eigenvalue weighted by molar-refractivity contribution is 7.93. The number of thiazole rings is 1. The number of anilines is 1. The summed E-state index contributed by atoms with van der Waals surface area (Å²) in [6, 6.07) is 15.1. The Kier molecular flexibility index (Phi) is 4.70. The summed E-state index contributed by atoms with van der Waals surface area (Å²) in [5.41, 5.74) is 1.80. The third kappa shape index (κ3) is 3.79. The number of nitrogens with one attached hydrogen (secondary N) is 1. The molecule has 1 N–H and O–H groups in total. The van der Waals surface area contributed by atoms with Crippen molar-refractivity contribution in [2.45, 2.75) is 4.90 Å². The minimum atomic E-state index is -3.80. The van der Waals surface area contributed by atoms with Crippen LogP contribution in [-0.4, -0.2) is 20.5 Å². The third-order valence-electron chi connectivity index (χ3n) is 3.39. The van der Waals surface area contributed by atoms with Crippen LogP contribution in [0.25, 0.3) is 11.3 Å². The van der Waals surface area contributed by atoms with Crippen molar-refractivity contribution < 1.29 is 13.2 Å². The van der Waals surface area contributed by atoms with Crippen molar-refractivity contribution in [1.29, 1.82) is 5.26 Å². The molecule has 1 heterocycles. The molecule has 126 valence electrons. The van der Waals surface area contributed by atoms with Crippen LogP contribution in [0.2, 0.25) is 0 Å². The Balaban J connectivity index is 1.83. The average Bonchev–Trinajstić information content (AvgIpc) is 3.09. The highest BCUT2D eigenvalue weighted by Gasteiger charge is 2.17. The highest BCUT2D eigenvalue weighted by Crippen LogP contribution is 2.28. The van der Waals surface area contributed by atoms with Gasteiger partial charge in [0.15, 0.2) is 5.13 Å². The van der Waals surface area contributed by atoms with Crippen molar-refractivity contribution >= 4 is 26.5 Å². The molecule has 0 aliphatic rings. The summed E-state index contributed by atoms with van der Waals surface area (Å²) in [7, 11) is -2.21. The first kappa shape index (κ1) is 17.0. The first-order valence-corrected chi connectivity index (χ1v) is 9.51. The molecule has 0 saturated heterocycles. The van der Waals surface area contributed by atoms with Gasteiger partial charge in [-0.3, -0.25) is 4.72 Å². The van der Waals surface area contributed by atoms with Gasteiger partial charge < -0.3 is 4.74 Å². The fraction of sp³-hybridized carbons (Fsp3) is 0.0588. The summed E-state index contributed by atoms with van der Waals surface area (Å²) < 4.78 is 32.4. The number of hydrogen-bond acceptors (Lipinski definition) is 6. The molecule has 0 amide bonds. The van der Waals surface area contributed by atoms with Gasteiger partial charge >= 0.3 is 0 Å². The predicted octanol–water partition coefficient (Wildman–Crippen LogP) is 3.49. The number of hydrogen-bond donors (Lipinski definition) is 1. The molecule has 0 aliphatic carbocycles. The van der Waals surface area contributed by atoms with Crippen LogP contribution in [0.4, 0.5) is 5.13 Å². The summed E-state index contributed by atoms with van der Waals surface area (Å²) in [6.45, 7) is 0. The van der Waals surface area contributed by atoms with E-state index in [-0.39, 0.29) is 15.6 Å². The molecule has 0 unspecified atom stereocenters. The number of nitriles is 1. The lowest BCUT2D eigenvalue weighted by atomic mass is 10.2. The second-order valence-corrected chi connectivity index (χ2v) is 7.55. The molecule has 0 atom stereocenters. The molecule has 0 saturated carbocycles. The van der Waals surface area contributed by atoms with E-state index in [2.05, 4.69) is 9.71 Å². The van der Waals surface area contributed by atoms with Gasteiger partial charge in [-0.1, -0.05) is 6.07 Å². The molecule has 0 bridgehead atoms. The number of sulfonamides is 1. The monoisotopic (exact) mass is 371 g/mol. The number of aromatic nitrogens is 1. The van der Waals surface area contributed by atoms with Crippen molar-refractivity contribution in [2.24, 2.45) is 0 Å². The van der Waals surface area contributed by atoms with Gasteiger partial charge in [0.05, 0.1) is 29.3 Å². The quantitative estimate of drug-likeness (QED) is 0.741. The number of benzene rings is 2. The molecular formula is C17H13N3O3S2. The molecule has 3 aromatic rings. The molecule has 8 heteroatoms. The second kappa shape index (κ2) is 6.93. The molecule has 0 spiro atoms. The maximum Gasteiger partial charge on any atom is 0.263 e. The van der Waals surface area contributed by atoms with Gasteiger partial charge in [0.1, 0.15) is 5.75 Å². The van der Waals surface area contributed by atoms with E-state index in [0.29, 0.717) is 5.69 Å². The lowest BCUT2D eigenvalue weighted by molar-refractivity contribution is 0.415. The molecule has 1 aromatic heterocycles. The van der Waals surface area contributed by atoms with Crippen LogP contribution in [0.5, 0.6) is 5.75 Å². The van der Waals surface area contributed by atoms with Crippen molar-refractivity contribution in [3.8, 4) is 23.1 Å². The van der Waals surface area contributed by atoms with E-state index in [0.717, 1.165) is 11.3 Å². The van der Waals surface area contributed by atoms with E-state index >= 15 is 0 Å². The van der Waals surface area contributed by atoms with Crippen molar-refractivity contribution in [3.63, 3.8) is 0 Å². The zero-order chi connectivity index (χ0) is 17.9. The fourth-order valence-electron chi connectivity index (χ4n) is 2.12. The standard InChI is InChI=1S/C17H13N3O3S2/c1-23-14-7-5-13(6-8-14)16-11-24-17(19-16)20-25(21,22)15-4-2-3-12(9-15)10-18/h2-9,11H,1H3,(H,19,20). The van der Waals surface area contributed by atoms with Crippen LogP contribution >= 0.6 is 11.3 Å². The first-order chi connectivity index (χ1) is 12.0. The van der Waals surface area contributed by atoms with E-state index in [1.807, 2.05) is 30.3 Å². The minimum Gasteiger partial charge on any atom is -0.497 e. The van der Waals surface area contributed by atoms with E-state index < -0.39 is 10.0 Å². The van der Waals surface area contributed by atoms with Crippen molar-refractivity contribution in [1.82, 2.24) is 4.98 Å². The normalized spacial score (nSPS) is 10.9. The van der Waals surface area contributed by atoms with Gasteiger partial charge in [0.25, 0.3) is 10.0 Å². The predicted molar refractivity (Wildman–Crippen MR) is 96.1 cm³/mol. The maximum atomic E-state index is 12.4. The largest absolute Gasteiger partial charge is 0.497 e. The van der Waals surface area contributed by atoms with Gasteiger partial charge in [-0.25, -0.2) is 13.4 Å². The molecule has 3 rings (SSSR count). The highest BCUT2D eigenvalue weighted by atomic mass is 32.2. The summed E-state index contributed by atoms with van der Waals surface area (Å²) in [6.07, 6.45) is 0. The Morgan fingerprint density at radius 1 is 1.20 bits per heavy atom. The Morgan fingerprint density at radius 2 is 1.96 bits per heavy atom. The SMILES string of the molecule is COc1ccc(-c2csc(NS(=O)(=O)c3cccc(C#N)c3)n2)cc1. The topological polar surface area (TPSA) is 92.1 Å². The van der Waals surface area contributed by atoms with E-state index in [1.54, 1.807) is 18.6 Å². The van der Waals surface area contributed by atoms with E-state index in [4.69, 9.17) is 10.00 Å². The number of ether oxygens (including phenoxy) is 1. The zero-order valence-electron chi connectivity index (χ0n) is 13.1. The lowest BCUT2D eigenvalue weighted by Gasteiger charge is -2.05. The molecule has 2 aromatic carbocycles. The Hall–Kier alpha value is -2.89. The summed E-state index contributed by atoms with van der Waals surface area (Å²) in [5, 5.41) is 10.9. The number of methoxy groups -OCH3 is 1. The van der Waals surface area contributed by atoms with Crippen molar-refractivity contribution in [3.05, 3.63) is 59.5 Å². The maximum absolute atomic E-state index is 12.4. The van der Waals surface area contributed by atoms with Gasteiger partial charge in [-0.05, 0) is 42.5 Å². The van der Waals surface area contributed by atoms with Crippen molar-refractivity contribution in [2.75, 3.05) is 11.8 Å². The van der Waals surface area contributed by atoms with Crippen LogP contribution in [0.3, 0.4) is 0 Å². The van der Waals surface area contributed by atoms with Crippen LogP contribution in [0.15, 0.2) is 58.8 Å². The Labute approximate surface area is 149 Å². The molecule has 0 fully saturated rings. The Morgan fingerprint density at radius 3 is 2.64 bits per heavy atom. The first-order valence-electron chi connectivity index (χ1n) is 7.15. The minimum absolute atomic E-state index is 0.0211. The van der Waals surface area contributed by atoms with Gasteiger partial charge in [0, 0.05) is 10.9 Å². The molecule has 25 heavy (non-hydrogen) atoms. The van der Waals surface area contributed by atoms with Gasteiger partial charge in [-0.15, -0.1) is 11.3 Å². The van der Waals surface area contributed by atoms with Gasteiger partial charge in [0.2, 0.25) is 0 Å². The number of rotatable bonds is 5. The smallest absolute Gasteiger partial charge is 0.263 e. The van der Waals surface area contributed by atoms with Crippen LogP contribution < -0.4 is 9.46 Å². The molecule has 0 radical (unpaired) electrons. The fourth-order valence-corrected chi connectivity index (χ4v) is 4.14. The zero-order valence-corrected chi connectivity index (χ0v) is 14.8.